The van der Waals surface area contributed by atoms with Crippen molar-refractivity contribution in [3.8, 4) is 0 Å². The van der Waals surface area contributed by atoms with Crippen molar-refractivity contribution in [1.29, 1.82) is 0 Å². The lowest BCUT2D eigenvalue weighted by molar-refractivity contribution is 0.573. The highest BCUT2D eigenvalue weighted by atomic mass is 35.5. The third kappa shape index (κ3) is 3.55. The smallest absolute Gasteiger partial charge is 0.130 e. The van der Waals surface area contributed by atoms with Gasteiger partial charge in [-0.25, -0.2) is 4.39 Å². The van der Waals surface area contributed by atoms with E-state index in [0.29, 0.717) is 17.1 Å². The fraction of sp³-hybridized carbons (Fsp3) is 0.294. The molecule has 0 fully saturated rings. The first-order valence-electron chi connectivity index (χ1n) is 6.88. The molecule has 2 aromatic rings. The monoisotopic (exact) mass is 306 g/mol. The van der Waals surface area contributed by atoms with E-state index < -0.39 is 0 Å². The summed E-state index contributed by atoms with van der Waals surface area (Å²) in [6, 6.07) is 10.7. The molecule has 2 nitrogen and oxygen atoms in total. The highest BCUT2D eigenvalue weighted by molar-refractivity contribution is 6.30. The van der Waals surface area contributed by atoms with E-state index in [1.807, 2.05) is 25.8 Å². The molecule has 0 amide bonds. The number of aryl methyl sites for hydroxylation is 2. The summed E-state index contributed by atoms with van der Waals surface area (Å²) in [5.41, 5.74) is 9.81. The minimum atomic E-state index is -0.325. The van der Waals surface area contributed by atoms with Crippen LogP contribution in [0.15, 0.2) is 36.4 Å². The van der Waals surface area contributed by atoms with Crippen LogP contribution in [0, 0.1) is 19.7 Å². The summed E-state index contributed by atoms with van der Waals surface area (Å²) in [7, 11) is 1.93. The molecule has 0 aliphatic rings. The Morgan fingerprint density at radius 2 is 1.76 bits per heavy atom. The van der Waals surface area contributed by atoms with Crippen molar-refractivity contribution in [1.82, 2.24) is 0 Å². The lowest BCUT2D eigenvalue weighted by Gasteiger charge is -2.30. The summed E-state index contributed by atoms with van der Waals surface area (Å²) in [5, 5.41) is 0.390. The summed E-state index contributed by atoms with van der Waals surface area (Å²) in [6.45, 7) is 4.41. The zero-order valence-corrected chi connectivity index (χ0v) is 13.3. The van der Waals surface area contributed by atoms with Gasteiger partial charge in [0.25, 0.3) is 0 Å². The zero-order valence-electron chi connectivity index (χ0n) is 12.5. The topological polar surface area (TPSA) is 29.3 Å². The average molecular weight is 307 g/mol. The van der Waals surface area contributed by atoms with Gasteiger partial charge in [0.2, 0.25) is 0 Å². The molecular weight excluding hydrogens is 287 g/mol. The van der Waals surface area contributed by atoms with Crippen molar-refractivity contribution < 1.29 is 4.39 Å². The van der Waals surface area contributed by atoms with Crippen LogP contribution in [0.5, 0.6) is 0 Å². The second-order valence-corrected chi connectivity index (χ2v) is 5.81. The molecule has 0 bridgehead atoms. The zero-order chi connectivity index (χ0) is 15.6. The van der Waals surface area contributed by atoms with Gasteiger partial charge in [-0.3, -0.25) is 0 Å². The molecule has 0 aliphatic carbocycles. The standard InChI is InChI=1S/C17H20ClFN2/c1-11-6-12(2)8-14(7-11)21(3)17(10-20)15-5-4-13(18)9-16(15)19/h4-9,17H,10,20H2,1-3H3. The normalized spacial score (nSPS) is 12.3. The number of hydrogen-bond acceptors (Lipinski definition) is 2. The van der Waals surface area contributed by atoms with E-state index in [1.54, 1.807) is 12.1 Å². The molecule has 1 atom stereocenters. The van der Waals surface area contributed by atoms with Gasteiger partial charge in [-0.15, -0.1) is 0 Å². The predicted molar refractivity (Wildman–Crippen MR) is 87.5 cm³/mol. The molecule has 0 spiro atoms. The Hall–Kier alpha value is -1.58. The molecule has 0 saturated carbocycles. The van der Waals surface area contributed by atoms with Crippen LogP contribution >= 0.6 is 11.6 Å². The molecule has 21 heavy (non-hydrogen) atoms. The number of rotatable bonds is 4. The van der Waals surface area contributed by atoms with Crippen LogP contribution in [0.1, 0.15) is 22.7 Å². The average Bonchev–Trinajstić information content (AvgIpc) is 2.40. The molecule has 0 radical (unpaired) electrons. The van der Waals surface area contributed by atoms with Crippen LogP contribution in [-0.4, -0.2) is 13.6 Å². The van der Waals surface area contributed by atoms with Crippen LogP contribution in [-0.2, 0) is 0 Å². The Labute approximate surface area is 130 Å². The van der Waals surface area contributed by atoms with E-state index in [0.717, 1.165) is 5.69 Å². The van der Waals surface area contributed by atoms with Crippen LogP contribution in [0.4, 0.5) is 10.1 Å². The SMILES string of the molecule is Cc1cc(C)cc(N(C)C(CN)c2ccc(Cl)cc2F)c1. The maximum atomic E-state index is 14.2. The molecule has 4 heteroatoms. The summed E-state index contributed by atoms with van der Waals surface area (Å²) in [5.74, 6) is -0.325. The van der Waals surface area contributed by atoms with E-state index in [2.05, 4.69) is 18.2 Å². The number of nitrogens with zero attached hydrogens (tertiary/aromatic N) is 1. The minimum absolute atomic E-state index is 0.233. The van der Waals surface area contributed by atoms with Gasteiger partial charge in [0, 0.05) is 29.9 Å². The fourth-order valence-corrected chi connectivity index (χ4v) is 2.76. The molecule has 1 unspecified atom stereocenters. The lowest BCUT2D eigenvalue weighted by atomic mass is 10.0. The van der Waals surface area contributed by atoms with Crippen molar-refractivity contribution in [2.24, 2.45) is 5.73 Å². The Kier molecular flexibility index (Phi) is 4.86. The van der Waals surface area contributed by atoms with Crippen molar-refractivity contribution in [3.63, 3.8) is 0 Å². The molecule has 2 rings (SSSR count). The first-order valence-corrected chi connectivity index (χ1v) is 7.26. The Morgan fingerprint density at radius 3 is 2.29 bits per heavy atom. The van der Waals surface area contributed by atoms with Crippen LogP contribution < -0.4 is 10.6 Å². The third-order valence-corrected chi connectivity index (χ3v) is 3.86. The quantitative estimate of drug-likeness (QED) is 0.916. The molecule has 0 aliphatic heterocycles. The van der Waals surface area contributed by atoms with Crippen molar-refractivity contribution in [3.05, 3.63) is 63.9 Å². The first-order chi connectivity index (χ1) is 9.92. The van der Waals surface area contributed by atoms with Crippen molar-refractivity contribution in [2.45, 2.75) is 19.9 Å². The summed E-state index contributed by atoms with van der Waals surface area (Å²) in [4.78, 5) is 2.01. The van der Waals surface area contributed by atoms with E-state index >= 15 is 0 Å². The minimum Gasteiger partial charge on any atom is -0.366 e. The second-order valence-electron chi connectivity index (χ2n) is 5.37. The predicted octanol–water partition coefficient (Wildman–Crippen LogP) is 4.23. The van der Waals surface area contributed by atoms with Gasteiger partial charge in [0.05, 0.1) is 6.04 Å². The maximum Gasteiger partial charge on any atom is 0.130 e. The Morgan fingerprint density at radius 1 is 1.14 bits per heavy atom. The maximum absolute atomic E-state index is 14.2. The summed E-state index contributed by atoms with van der Waals surface area (Å²) >= 11 is 5.82. The number of nitrogens with two attached hydrogens (primary N) is 1. The van der Waals surface area contributed by atoms with Crippen LogP contribution in [0.2, 0.25) is 5.02 Å². The third-order valence-electron chi connectivity index (χ3n) is 3.63. The van der Waals surface area contributed by atoms with Gasteiger partial charge in [0.15, 0.2) is 0 Å². The van der Waals surface area contributed by atoms with Gasteiger partial charge in [-0.1, -0.05) is 23.7 Å². The Balaban J connectivity index is 2.40. The van der Waals surface area contributed by atoms with E-state index in [9.17, 15) is 4.39 Å². The summed E-state index contributed by atoms with van der Waals surface area (Å²) < 4.78 is 14.2. The van der Waals surface area contributed by atoms with Crippen LogP contribution in [0.3, 0.4) is 0 Å². The molecule has 2 N–H and O–H groups in total. The molecule has 0 heterocycles. The number of hydrogen-bond donors (Lipinski definition) is 1. The molecule has 112 valence electrons. The fourth-order valence-electron chi connectivity index (χ4n) is 2.60. The van der Waals surface area contributed by atoms with E-state index in [1.165, 1.54) is 17.2 Å². The number of anilines is 1. The molecule has 2 aromatic carbocycles. The van der Waals surface area contributed by atoms with Gasteiger partial charge in [-0.2, -0.15) is 0 Å². The van der Waals surface area contributed by atoms with Gasteiger partial charge in [0.1, 0.15) is 5.82 Å². The lowest BCUT2D eigenvalue weighted by Crippen LogP contribution is -2.31. The largest absolute Gasteiger partial charge is 0.366 e. The van der Waals surface area contributed by atoms with E-state index in [4.69, 9.17) is 17.3 Å². The highest BCUT2D eigenvalue weighted by Crippen LogP contribution is 2.29. The summed E-state index contributed by atoms with van der Waals surface area (Å²) in [6.07, 6.45) is 0. The highest BCUT2D eigenvalue weighted by Gasteiger charge is 2.20. The number of benzene rings is 2. The van der Waals surface area contributed by atoms with Gasteiger partial charge < -0.3 is 10.6 Å². The molecular formula is C17H20ClFN2. The first kappa shape index (κ1) is 15.8. The Bertz CT molecular complexity index is 622. The second kappa shape index (κ2) is 6.46. The van der Waals surface area contributed by atoms with E-state index in [-0.39, 0.29) is 11.9 Å². The number of halogens is 2. The van der Waals surface area contributed by atoms with Crippen molar-refractivity contribution in [2.75, 3.05) is 18.5 Å². The van der Waals surface area contributed by atoms with Gasteiger partial charge >= 0.3 is 0 Å². The van der Waals surface area contributed by atoms with Crippen molar-refractivity contribution >= 4 is 17.3 Å². The molecule has 0 saturated heterocycles. The molecule has 0 aromatic heterocycles. The van der Waals surface area contributed by atoms with Crippen LogP contribution in [0.25, 0.3) is 0 Å². The van der Waals surface area contributed by atoms with Gasteiger partial charge in [-0.05, 0) is 49.2 Å². The number of likely N-dealkylation sites (N-methyl/N-ethyl adjacent to an activating group) is 1.